The Kier molecular flexibility index (Phi) is 6.07. The first-order valence-corrected chi connectivity index (χ1v) is 9.80. The molecule has 1 aromatic carbocycles. The van der Waals surface area contributed by atoms with Crippen LogP contribution >= 0.6 is 0 Å². The number of hydrogen-bond donors (Lipinski definition) is 1. The van der Waals surface area contributed by atoms with Crippen LogP contribution in [0.15, 0.2) is 24.3 Å². The van der Waals surface area contributed by atoms with Crippen molar-refractivity contribution in [2.45, 2.75) is 57.5 Å². The van der Waals surface area contributed by atoms with Crippen LogP contribution in [-0.4, -0.2) is 43.3 Å². The Hall–Kier alpha value is -1.75. The van der Waals surface area contributed by atoms with Crippen molar-refractivity contribution >= 4 is 6.03 Å². The maximum absolute atomic E-state index is 13.1. The fraction of sp³-hybridized carbons (Fsp3) is 0.667. The molecular formula is C21H32N2O3. The Morgan fingerprint density at radius 2 is 1.92 bits per heavy atom. The molecule has 26 heavy (non-hydrogen) atoms. The zero-order valence-corrected chi connectivity index (χ0v) is 16.3. The predicted molar refractivity (Wildman–Crippen MR) is 102 cm³/mol. The third-order valence-electron chi connectivity index (χ3n) is 5.68. The van der Waals surface area contributed by atoms with Crippen molar-refractivity contribution in [2.75, 3.05) is 26.9 Å². The van der Waals surface area contributed by atoms with E-state index in [-0.39, 0.29) is 17.6 Å². The highest BCUT2D eigenvalue weighted by molar-refractivity contribution is 5.76. The zero-order valence-electron chi connectivity index (χ0n) is 16.3. The Morgan fingerprint density at radius 3 is 2.58 bits per heavy atom. The standard InChI is InChI=1S/C21H32N2O3/c1-21(2)15-26-14-19(17-9-11-18(25-3)12-10-17)23(21)20(24)22-13-16-7-5-4-6-8-16/h9-12,16,19H,4-8,13-15H2,1-3H3,(H,22,24). The van der Waals surface area contributed by atoms with E-state index >= 15 is 0 Å². The van der Waals surface area contributed by atoms with Crippen molar-refractivity contribution in [1.29, 1.82) is 0 Å². The second-order valence-electron chi connectivity index (χ2n) is 8.18. The van der Waals surface area contributed by atoms with Gasteiger partial charge in [-0.3, -0.25) is 0 Å². The van der Waals surface area contributed by atoms with Crippen LogP contribution in [0.4, 0.5) is 4.79 Å². The molecule has 1 saturated carbocycles. The van der Waals surface area contributed by atoms with Gasteiger partial charge >= 0.3 is 6.03 Å². The van der Waals surface area contributed by atoms with E-state index in [0.29, 0.717) is 19.1 Å². The van der Waals surface area contributed by atoms with Gasteiger partial charge in [0, 0.05) is 6.54 Å². The summed E-state index contributed by atoms with van der Waals surface area (Å²) in [5.41, 5.74) is 0.728. The number of carbonyl (C=O) groups excluding carboxylic acids is 1. The van der Waals surface area contributed by atoms with Gasteiger partial charge in [0.2, 0.25) is 0 Å². The molecule has 1 aliphatic heterocycles. The molecule has 1 aliphatic carbocycles. The Balaban J connectivity index is 1.72. The Bertz CT molecular complexity index is 594. The molecule has 0 spiro atoms. The molecule has 1 atom stereocenters. The van der Waals surface area contributed by atoms with E-state index < -0.39 is 0 Å². The number of benzene rings is 1. The van der Waals surface area contributed by atoms with E-state index in [1.54, 1.807) is 7.11 Å². The van der Waals surface area contributed by atoms with Crippen molar-refractivity contribution in [1.82, 2.24) is 10.2 Å². The zero-order chi connectivity index (χ0) is 18.6. The van der Waals surface area contributed by atoms with Crippen LogP contribution in [0.5, 0.6) is 5.75 Å². The monoisotopic (exact) mass is 360 g/mol. The maximum Gasteiger partial charge on any atom is 0.318 e. The van der Waals surface area contributed by atoms with Crippen molar-refractivity contribution in [2.24, 2.45) is 5.92 Å². The Morgan fingerprint density at radius 1 is 1.23 bits per heavy atom. The maximum atomic E-state index is 13.1. The number of hydrogen-bond acceptors (Lipinski definition) is 3. The van der Waals surface area contributed by atoms with E-state index in [1.165, 1.54) is 32.1 Å². The SMILES string of the molecule is COc1ccc(C2COCC(C)(C)N2C(=O)NCC2CCCCC2)cc1. The molecule has 1 saturated heterocycles. The molecule has 0 bridgehead atoms. The number of amides is 2. The normalized spacial score (nSPS) is 23.5. The lowest BCUT2D eigenvalue weighted by molar-refractivity contribution is -0.0658. The molecule has 0 radical (unpaired) electrons. The lowest BCUT2D eigenvalue weighted by atomic mass is 9.89. The number of rotatable bonds is 4. The topological polar surface area (TPSA) is 50.8 Å². The average Bonchev–Trinajstić information content (AvgIpc) is 2.66. The smallest absolute Gasteiger partial charge is 0.318 e. The molecule has 144 valence electrons. The van der Waals surface area contributed by atoms with Crippen LogP contribution in [0.3, 0.4) is 0 Å². The van der Waals surface area contributed by atoms with Crippen molar-refractivity contribution < 1.29 is 14.3 Å². The summed E-state index contributed by atoms with van der Waals surface area (Å²) in [6, 6.07) is 7.86. The second-order valence-corrected chi connectivity index (χ2v) is 8.18. The second kappa shape index (κ2) is 8.30. The van der Waals surface area contributed by atoms with Gasteiger partial charge < -0.3 is 19.7 Å². The van der Waals surface area contributed by atoms with Gasteiger partial charge in [-0.2, -0.15) is 0 Å². The summed E-state index contributed by atoms with van der Waals surface area (Å²) in [5.74, 6) is 1.44. The summed E-state index contributed by atoms with van der Waals surface area (Å²) in [4.78, 5) is 15.1. The van der Waals surface area contributed by atoms with E-state index in [2.05, 4.69) is 19.2 Å². The van der Waals surface area contributed by atoms with Crippen LogP contribution in [-0.2, 0) is 4.74 Å². The molecule has 2 aliphatic rings. The summed E-state index contributed by atoms with van der Waals surface area (Å²) < 4.78 is 11.1. The fourth-order valence-corrected chi connectivity index (χ4v) is 4.18. The Labute approximate surface area is 157 Å². The third-order valence-corrected chi connectivity index (χ3v) is 5.68. The van der Waals surface area contributed by atoms with E-state index in [0.717, 1.165) is 17.9 Å². The number of methoxy groups -OCH3 is 1. The van der Waals surface area contributed by atoms with Crippen molar-refractivity contribution in [3.05, 3.63) is 29.8 Å². The van der Waals surface area contributed by atoms with E-state index in [9.17, 15) is 4.79 Å². The number of morpholine rings is 1. The van der Waals surface area contributed by atoms with Crippen LogP contribution < -0.4 is 10.1 Å². The summed E-state index contributed by atoms with van der Waals surface area (Å²) in [7, 11) is 1.66. The number of ether oxygens (including phenoxy) is 2. The fourth-order valence-electron chi connectivity index (χ4n) is 4.18. The van der Waals surface area contributed by atoms with Gasteiger partial charge in [-0.15, -0.1) is 0 Å². The van der Waals surface area contributed by atoms with Gasteiger partial charge in [-0.1, -0.05) is 31.4 Å². The van der Waals surface area contributed by atoms with Gasteiger partial charge in [-0.25, -0.2) is 4.79 Å². The molecule has 2 amide bonds. The molecule has 3 rings (SSSR count). The summed E-state index contributed by atoms with van der Waals surface area (Å²) in [6.07, 6.45) is 6.37. The highest BCUT2D eigenvalue weighted by Gasteiger charge is 2.41. The van der Waals surface area contributed by atoms with Gasteiger partial charge in [0.05, 0.1) is 31.9 Å². The van der Waals surface area contributed by atoms with Crippen molar-refractivity contribution in [3.8, 4) is 5.75 Å². The largest absolute Gasteiger partial charge is 0.497 e. The molecule has 5 nitrogen and oxygen atoms in total. The lowest BCUT2D eigenvalue weighted by Crippen LogP contribution is -2.59. The van der Waals surface area contributed by atoms with Gasteiger partial charge in [-0.05, 0) is 50.3 Å². The van der Waals surface area contributed by atoms with Crippen molar-refractivity contribution in [3.63, 3.8) is 0 Å². The van der Waals surface area contributed by atoms with E-state index in [4.69, 9.17) is 9.47 Å². The average molecular weight is 360 g/mol. The number of nitrogens with one attached hydrogen (secondary N) is 1. The molecule has 5 heteroatoms. The summed E-state index contributed by atoms with van der Waals surface area (Å²) in [6.45, 7) is 6.00. The first-order chi connectivity index (χ1) is 12.5. The van der Waals surface area contributed by atoms with Crippen LogP contribution in [0.2, 0.25) is 0 Å². The van der Waals surface area contributed by atoms with E-state index in [1.807, 2.05) is 29.2 Å². The van der Waals surface area contributed by atoms with Crippen LogP contribution in [0, 0.1) is 5.92 Å². The highest BCUT2D eigenvalue weighted by atomic mass is 16.5. The number of carbonyl (C=O) groups is 1. The minimum Gasteiger partial charge on any atom is -0.497 e. The molecule has 0 aromatic heterocycles. The first-order valence-electron chi connectivity index (χ1n) is 9.80. The first kappa shape index (κ1) is 19.0. The minimum absolute atomic E-state index is 0.0182. The van der Waals surface area contributed by atoms with Crippen LogP contribution in [0.25, 0.3) is 0 Å². The van der Waals surface area contributed by atoms with Gasteiger partial charge in [0.1, 0.15) is 5.75 Å². The van der Waals surface area contributed by atoms with Gasteiger partial charge in [0.25, 0.3) is 0 Å². The van der Waals surface area contributed by atoms with Gasteiger partial charge in [0.15, 0.2) is 0 Å². The number of urea groups is 1. The highest BCUT2D eigenvalue weighted by Crippen LogP contribution is 2.34. The molecule has 1 N–H and O–H groups in total. The minimum atomic E-state index is -0.348. The molecule has 1 heterocycles. The quantitative estimate of drug-likeness (QED) is 0.878. The lowest BCUT2D eigenvalue weighted by Gasteiger charge is -2.47. The molecule has 1 unspecified atom stereocenters. The van der Waals surface area contributed by atoms with Crippen LogP contribution in [0.1, 0.15) is 57.6 Å². The molecule has 1 aromatic rings. The predicted octanol–water partition coefficient (Wildman–Crippen LogP) is 4.14. The molecule has 2 fully saturated rings. The third kappa shape index (κ3) is 4.32. The summed E-state index contributed by atoms with van der Waals surface area (Å²) in [5, 5.41) is 3.21. The number of nitrogens with zero attached hydrogens (tertiary/aromatic N) is 1. The summed E-state index contributed by atoms with van der Waals surface area (Å²) >= 11 is 0. The molecular weight excluding hydrogens is 328 g/mol.